The predicted molar refractivity (Wildman–Crippen MR) is 151 cm³/mol. The zero-order valence-electron chi connectivity index (χ0n) is 23.4. The first kappa shape index (κ1) is 30.5. The van der Waals surface area contributed by atoms with Crippen LogP contribution in [-0.4, -0.2) is 81.1 Å². The zero-order chi connectivity index (χ0) is 30.1. The fraction of sp³-hybridized carbons (Fsp3) is 0.407. The summed E-state index contributed by atoms with van der Waals surface area (Å²) >= 11 is 0. The Bertz CT molecular complexity index is 1600. The fourth-order valence-electron chi connectivity index (χ4n) is 4.72. The van der Waals surface area contributed by atoms with Gasteiger partial charge in [-0.3, -0.25) is 9.52 Å². The average molecular weight is 607 g/mol. The number of amides is 1. The van der Waals surface area contributed by atoms with Crippen LogP contribution in [0.3, 0.4) is 0 Å². The normalized spacial score (nSPS) is 18.8. The number of aliphatic hydroxyl groups excluding tert-OH is 1. The molecule has 0 saturated carbocycles. The molecule has 3 atom stereocenters. The van der Waals surface area contributed by atoms with Crippen LogP contribution >= 0.6 is 0 Å². The number of para-hydroxylation sites is 1. The second kappa shape index (κ2) is 11.8. The number of nitrogens with zero attached hydrogens (tertiary/aromatic N) is 3. The second-order valence-electron chi connectivity index (χ2n) is 10.2. The number of rotatable bonds is 9. The Morgan fingerprint density at radius 3 is 2.41 bits per heavy atom. The third kappa shape index (κ3) is 6.10. The molecule has 0 aliphatic carbocycles. The van der Waals surface area contributed by atoms with Crippen LogP contribution in [0, 0.1) is 19.8 Å². The van der Waals surface area contributed by atoms with Gasteiger partial charge in [-0.05, 0) is 45.0 Å². The summed E-state index contributed by atoms with van der Waals surface area (Å²) in [7, 11) is -6.65. The van der Waals surface area contributed by atoms with E-state index in [1.165, 1.54) is 60.4 Å². The molecule has 222 valence electrons. The van der Waals surface area contributed by atoms with Crippen molar-refractivity contribution in [2.75, 3.05) is 31.5 Å². The van der Waals surface area contributed by atoms with Crippen LogP contribution < -0.4 is 9.46 Å². The molecule has 14 heteroatoms. The topological polar surface area (TPSA) is 159 Å². The van der Waals surface area contributed by atoms with Crippen molar-refractivity contribution in [3.8, 4) is 5.75 Å². The van der Waals surface area contributed by atoms with Crippen LogP contribution in [0.15, 0.2) is 62.8 Å². The first-order valence-electron chi connectivity index (χ1n) is 13.0. The molecule has 2 aromatic carbocycles. The lowest BCUT2D eigenvalue weighted by Crippen LogP contribution is -2.50. The summed E-state index contributed by atoms with van der Waals surface area (Å²) in [6.45, 7) is 6.23. The lowest BCUT2D eigenvalue weighted by molar-refractivity contribution is 0.0389. The van der Waals surface area contributed by atoms with Gasteiger partial charge in [-0.25, -0.2) is 16.8 Å². The van der Waals surface area contributed by atoms with Crippen molar-refractivity contribution in [1.82, 2.24) is 14.4 Å². The molecular weight excluding hydrogens is 572 g/mol. The Morgan fingerprint density at radius 1 is 1.12 bits per heavy atom. The number of carbonyl (C=O) groups is 1. The highest BCUT2D eigenvalue weighted by Gasteiger charge is 2.37. The van der Waals surface area contributed by atoms with E-state index in [0.717, 1.165) is 0 Å². The van der Waals surface area contributed by atoms with Crippen LogP contribution in [0.5, 0.6) is 5.75 Å². The van der Waals surface area contributed by atoms with Crippen molar-refractivity contribution in [3.05, 3.63) is 65.5 Å². The first-order valence-corrected chi connectivity index (χ1v) is 15.9. The maximum Gasteiger partial charge on any atom is 0.267 e. The molecule has 0 unspecified atom stereocenters. The van der Waals surface area contributed by atoms with Gasteiger partial charge in [-0.15, -0.1) is 0 Å². The quantitative estimate of drug-likeness (QED) is 0.373. The van der Waals surface area contributed by atoms with Crippen molar-refractivity contribution in [1.29, 1.82) is 0 Å². The summed E-state index contributed by atoms with van der Waals surface area (Å²) in [5.74, 6) is -0.838. The monoisotopic (exact) mass is 606 g/mol. The highest BCUT2D eigenvalue weighted by atomic mass is 32.2. The van der Waals surface area contributed by atoms with Crippen LogP contribution in [0.2, 0.25) is 0 Å². The Morgan fingerprint density at radius 2 is 1.80 bits per heavy atom. The Balaban J connectivity index is 1.78. The third-order valence-corrected chi connectivity index (χ3v) is 10.5. The Hall–Kier alpha value is -3.46. The van der Waals surface area contributed by atoms with Crippen LogP contribution in [0.25, 0.3) is 0 Å². The van der Waals surface area contributed by atoms with Crippen molar-refractivity contribution >= 4 is 31.6 Å². The van der Waals surface area contributed by atoms with E-state index in [4.69, 9.17) is 9.26 Å². The maximum absolute atomic E-state index is 13.7. The zero-order valence-corrected chi connectivity index (χ0v) is 25.1. The van der Waals surface area contributed by atoms with Gasteiger partial charge >= 0.3 is 0 Å². The fourth-order valence-corrected chi connectivity index (χ4v) is 7.32. The van der Waals surface area contributed by atoms with Gasteiger partial charge in [0.1, 0.15) is 11.8 Å². The molecule has 2 N–H and O–H groups in total. The van der Waals surface area contributed by atoms with Gasteiger partial charge in [-0.1, -0.05) is 36.3 Å². The number of likely N-dealkylation sites (N-methyl/N-ethyl adjacent to an activating group) is 1. The summed E-state index contributed by atoms with van der Waals surface area (Å²) < 4.78 is 68.4. The molecule has 12 nitrogen and oxygen atoms in total. The standard InChI is InChI=1S/C27H34N4O8S2/c1-17-14-31(18(2)16-32)27(33)22-12-9-13-23(29-40(34,35)26-19(3)28-39-20(26)4)25(22)38-24(17)15-30(5)41(36,37)21-10-7-6-8-11-21/h6-13,17-18,24,29,32H,14-16H2,1-5H3/t17-,18-,24-/m0/s1. The molecule has 0 bridgehead atoms. The molecule has 1 aromatic heterocycles. The number of nitrogens with one attached hydrogen (secondary N) is 1. The Labute approximate surface area is 240 Å². The lowest BCUT2D eigenvalue weighted by Gasteiger charge is -2.38. The second-order valence-corrected chi connectivity index (χ2v) is 13.8. The minimum atomic E-state index is -4.21. The van der Waals surface area contributed by atoms with Crippen molar-refractivity contribution in [2.45, 2.75) is 49.6 Å². The maximum atomic E-state index is 13.7. The minimum Gasteiger partial charge on any atom is -0.486 e. The molecule has 0 radical (unpaired) electrons. The van der Waals surface area contributed by atoms with Gasteiger partial charge in [0, 0.05) is 19.5 Å². The van der Waals surface area contributed by atoms with Gasteiger partial charge in [0.25, 0.3) is 15.9 Å². The lowest BCUT2D eigenvalue weighted by atomic mass is 9.99. The van der Waals surface area contributed by atoms with E-state index in [2.05, 4.69) is 9.88 Å². The molecule has 1 amide bonds. The van der Waals surface area contributed by atoms with E-state index in [1.807, 2.05) is 0 Å². The SMILES string of the molecule is Cc1noc(C)c1S(=O)(=O)Nc1cccc2c1O[C@@H](CN(C)S(=O)(=O)c1ccccc1)[C@@H](C)CN([C@@H](C)CO)C2=O. The number of hydrogen-bond acceptors (Lipinski definition) is 9. The average Bonchev–Trinajstić information content (AvgIpc) is 3.29. The molecule has 41 heavy (non-hydrogen) atoms. The number of anilines is 1. The molecule has 4 rings (SSSR count). The highest BCUT2D eigenvalue weighted by Crippen LogP contribution is 2.37. The number of aryl methyl sites for hydroxylation is 2. The number of aromatic nitrogens is 1. The first-order chi connectivity index (χ1) is 19.3. The third-order valence-electron chi connectivity index (χ3n) is 7.06. The molecular formula is C27H34N4O8S2. The predicted octanol–water partition coefficient (Wildman–Crippen LogP) is 2.63. The molecule has 0 spiro atoms. The number of fused-ring (bicyclic) bond motifs is 1. The Kier molecular flexibility index (Phi) is 8.78. The summed E-state index contributed by atoms with van der Waals surface area (Å²) in [5, 5.41) is 13.6. The summed E-state index contributed by atoms with van der Waals surface area (Å²) in [5.41, 5.74) is 0.211. The molecule has 0 saturated heterocycles. The van der Waals surface area contributed by atoms with Gasteiger partial charge in [0.05, 0.1) is 35.3 Å². The van der Waals surface area contributed by atoms with Gasteiger partial charge in [0.15, 0.2) is 16.4 Å². The van der Waals surface area contributed by atoms with E-state index in [0.29, 0.717) is 0 Å². The summed E-state index contributed by atoms with van der Waals surface area (Å²) in [6.07, 6.45) is -0.802. The molecule has 1 aliphatic heterocycles. The van der Waals surface area contributed by atoms with Gasteiger partial charge in [-0.2, -0.15) is 4.31 Å². The number of sulfonamides is 2. The summed E-state index contributed by atoms with van der Waals surface area (Å²) in [4.78, 5) is 15.1. The number of hydrogen-bond donors (Lipinski definition) is 2. The van der Waals surface area contributed by atoms with E-state index in [-0.39, 0.29) is 57.9 Å². The van der Waals surface area contributed by atoms with E-state index < -0.39 is 44.0 Å². The molecule has 1 aliphatic rings. The largest absolute Gasteiger partial charge is 0.486 e. The highest BCUT2D eigenvalue weighted by molar-refractivity contribution is 7.92. The van der Waals surface area contributed by atoms with Crippen LogP contribution in [-0.2, 0) is 20.0 Å². The van der Waals surface area contributed by atoms with Crippen LogP contribution in [0.1, 0.15) is 35.7 Å². The number of aliphatic hydroxyl groups is 1. The van der Waals surface area contributed by atoms with Crippen molar-refractivity contribution < 1.29 is 36.0 Å². The van der Waals surface area contributed by atoms with Crippen molar-refractivity contribution in [2.24, 2.45) is 5.92 Å². The molecule has 3 aromatic rings. The number of ether oxygens (including phenoxy) is 1. The van der Waals surface area contributed by atoms with E-state index >= 15 is 0 Å². The molecule has 0 fully saturated rings. The van der Waals surface area contributed by atoms with Gasteiger partial charge < -0.3 is 19.3 Å². The number of carbonyl (C=O) groups excluding carboxylic acids is 1. The minimum absolute atomic E-state index is 0.0138. The van der Waals surface area contributed by atoms with Gasteiger partial charge in [0.2, 0.25) is 10.0 Å². The summed E-state index contributed by atoms with van der Waals surface area (Å²) in [6, 6.07) is 11.9. The van der Waals surface area contributed by atoms with E-state index in [1.54, 1.807) is 32.0 Å². The van der Waals surface area contributed by atoms with E-state index in [9.17, 15) is 26.7 Å². The molecule has 2 heterocycles. The smallest absolute Gasteiger partial charge is 0.267 e. The van der Waals surface area contributed by atoms with Crippen LogP contribution in [0.4, 0.5) is 5.69 Å². The van der Waals surface area contributed by atoms with Crippen molar-refractivity contribution in [3.63, 3.8) is 0 Å². The number of benzene rings is 2.